The summed E-state index contributed by atoms with van der Waals surface area (Å²) in [5.41, 5.74) is 0.523. The third-order valence-corrected chi connectivity index (χ3v) is 3.29. The van der Waals surface area contributed by atoms with Crippen LogP contribution in [-0.2, 0) is 6.42 Å². The summed E-state index contributed by atoms with van der Waals surface area (Å²) >= 11 is 0. The van der Waals surface area contributed by atoms with Gasteiger partial charge >= 0.3 is 0 Å². The molecular weight excluding hydrogens is 300 g/mol. The SMILES string of the molecule is COc1ccc(CCNC(=O)c2c[nH]c(=O)cc2O)cc1OC. The molecule has 7 nitrogen and oxygen atoms in total. The van der Waals surface area contributed by atoms with Gasteiger partial charge in [0.1, 0.15) is 5.75 Å². The zero-order chi connectivity index (χ0) is 16.8. The predicted molar refractivity (Wildman–Crippen MR) is 84.3 cm³/mol. The average Bonchev–Trinajstić information content (AvgIpc) is 2.54. The lowest BCUT2D eigenvalue weighted by Crippen LogP contribution is -2.26. The molecule has 0 unspecified atom stereocenters. The first-order valence-electron chi connectivity index (χ1n) is 6.96. The van der Waals surface area contributed by atoms with Gasteiger partial charge in [0.05, 0.1) is 19.8 Å². The van der Waals surface area contributed by atoms with Gasteiger partial charge in [0, 0.05) is 18.8 Å². The molecule has 2 aromatic rings. The number of ether oxygens (including phenoxy) is 2. The molecule has 1 aromatic carbocycles. The molecular formula is C16H18N2O5. The number of nitrogens with one attached hydrogen (secondary N) is 2. The number of benzene rings is 1. The van der Waals surface area contributed by atoms with Crippen molar-refractivity contribution in [2.24, 2.45) is 0 Å². The first-order valence-corrected chi connectivity index (χ1v) is 6.96. The highest BCUT2D eigenvalue weighted by Crippen LogP contribution is 2.27. The number of aromatic hydroxyl groups is 1. The van der Waals surface area contributed by atoms with E-state index in [1.54, 1.807) is 20.3 Å². The summed E-state index contributed by atoms with van der Waals surface area (Å²) in [7, 11) is 3.12. The van der Waals surface area contributed by atoms with Gasteiger partial charge in [0.15, 0.2) is 11.5 Å². The predicted octanol–water partition coefficient (Wildman–Crippen LogP) is 1.07. The van der Waals surface area contributed by atoms with Gasteiger partial charge < -0.3 is 24.9 Å². The van der Waals surface area contributed by atoms with E-state index >= 15 is 0 Å². The molecule has 7 heteroatoms. The molecule has 1 aromatic heterocycles. The van der Waals surface area contributed by atoms with Crippen LogP contribution in [0.15, 0.2) is 35.3 Å². The molecule has 0 radical (unpaired) electrons. The van der Waals surface area contributed by atoms with Gasteiger partial charge in [-0.2, -0.15) is 0 Å². The first-order chi connectivity index (χ1) is 11.0. The Morgan fingerprint density at radius 1 is 1.22 bits per heavy atom. The Morgan fingerprint density at radius 3 is 2.61 bits per heavy atom. The van der Waals surface area contributed by atoms with Crippen molar-refractivity contribution in [1.29, 1.82) is 0 Å². The number of amides is 1. The molecule has 0 aliphatic carbocycles. The number of rotatable bonds is 6. The first kappa shape index (κ1) is 16.4. The number of aromatic nitrogens is 1. The summed E-state index contributed by atoms with van der Waals surface area (Å²) in [6, 6.07) is 6.47. The van der Waals surface area contributed by atoms with E-state index in [0.717, 1.165) is 11.6 Å². The van der Waals surface area contributed by atoms with Crippen molar-refractivity contribution in [1.82, 2.24) is 10.3 Å². The van der Waals surface area contributed by atoms with Crippen LogP contribution in [0.3, 0.4) is 0 Å². The van der Waals surface area contributed by atoms with Crippen LogP contribution in [0.2, 0.25) is 0 Å². The van der Waals surface area contributed by atoms with Gasteiger partial charge in [-0.15, -0.1) is 0 Å². The third-order valence-electron chi connectivity index (χ3n) is 3.29. The van der Waals surface area contributed by atoms with Gasteiger partial charge in [-0.25, -0.2) is 0 Å². The summed E-state index contributed by atoms with van der Waals surface area (Å²) in [5, 5.41) is 12.3. The van der Waals surface area contributed by atoms with Gasteiger partial charge in [-0.05, 0) is 24.1 Å². The molecule has 1 heterocycles. The highest BCUT2D eigenvalue weighted by atomic mass is 16.5. The van der Waals surface area contributed by atoms with Crippen LogP contribution >= 0.6 is 0 Å². The molecule has 3 N–H and O–H groups in total. The highest BCUT2D eigenvalue weighted by Gasteiger charge is 2.11. The monoisotopic (exact) mass is 318 g/mol. The molecule has 0 bridgehead atoms. The van der Waals surface area contributed by atoms with Crippen LogP contribution in [-0.4, -0.2) is 36.8 Å². The maximum Gasteiger partial charge on any atom is 0.256 e. The zero-order valence-corrected chi connectivity index (χ0v) is 12.9. The number of hydrogen-bond donors (Lipinski definition) is 3. The van der Waals surface area contributed by atoms with Gasteiger partial charge in [0.25, 0.3) is 11.5 Å². The normalized spacial score (nSPS) is 10.2. The maximum atomic E-state index is 12.0. The van der Waals surface area contributed by atoms with E-state index in [1.807, 2.05) is 12.1 Å². The number of aromatic amines is 1. The molecule has 0 spiro atoms. The van der Waals surface area contributed by atoms with Crippen molar-refractivity contribution in [2.45, 2.75) is 6.42 Å². The maximum absolute atomic E-state index is 12.0. The molecule has 23 heavy (non-hydrogen) atoms. The Bertz CT molecular complexity index is 754. The van der Waals surface area contributed by atoms with Crippen LogP contribution in [0.25, 0.3) is 0 Å². The minimum atomic E-state index is -0.468. The van der Waals surface area contributed by atoms with Crippen LogP contribution in [0.4, 0.5) is 0 Å². The molecule has 0 saturated heterocycles. The Kier molecular flexibility index (Phi) is 5.24. The Morgan fingerprint density at radius 2 is 1.96 bits per heavy atom. The second-order valence-electron chi connectivity index (χ2n) is 4.79. The lowest BCUT2D eigenvalue weighted by molar-refractivity contribution is 0.0951. The zero-order valence-electron chi connectivity index (χ0n) is 12.9. The number of pyridine rings is 1. The van der Waals surface area contributed by atoms with Crippen molar-refractivity contribution in [3.05, 3.63) is 51.9 Å². The van der Waals surface area contributed by atoms with E-state index in [1.165, 1.54) is 6.20 Å². The van der Waals surface area contributed by atoms with Crippen molar-refractivity contribution < 1.29 is 19.4 Å². The minimum Gasteiger partial charge on any atom is -0.507 e. The standard InChI is InChI=1S/C16H18N2O5/c1-22-13-4-3-10(7-14(13)23-2)5-6-17-16(21)11-9-18-15(20)8-12(11)19/h3-4,7-9H,5-6H2,1-2H3,(H,17,21)(H2,18,19,20). The smallest absolute Gasteiger partial charge is 0.256 e. The van der Waals surface area contributed by atoms with E-state index in [0.29, 0.717) is 24.5 Å². The van der Waals surface area contributed by atoms with E-state index in [9.17, 15) is 14.7 Å². The van der Waals surface area contributed by atoms with E-state index in [2.05, 4.69) is 10.3 Å². The summed E-state index contributed by atoms with van der Waals surface area (Å²) in [5.74, 6) is 0.449. The summed E-state index contributed by atoms with van der Waals surface area (Å²) in [6.07, 6.45) is 1.76. The molecule has 122 valence electrons. The van der Waals surface area contributed by atoms with Crippen molar-refractivity contribution in [3.63, 3.8) is 0 Å². The molecule has 0 aliphatic heterocycles. The van der Waals surface area contributed by atoms with Crippen molar-refractivity contribution in [2.75, 3.05) is 20.8 Å². The molecule has 0 fully saturated rings. The van der Waals surface area contributed by atoms with Crippen LogP contribution < -0.4 is 20.3 Å². The lowest BCUT2D eigenvalue weighted by atomic mass is 10.1. The van der Waals surface area contributed by atoms with Crippen LogP contribution in [0.1, 0.15) is 15.9 Å². The van der Waals surface area contributed by atoms with Gasteiger partial charge in [-0.1, -0.05) is 6.07 Å². The van der Waals surface area contributed by atoms with Crippen molar-refractivity contribution in [3.8, 4) is 17.2 Å². The third kappa shape index (κ3) is 4.03. The minimum absolute atomic E-state index is 0.0249. The lowest BCUT2D eigenvalue weighted by Gasteiger charge is -2.10. The molecule has 0 saturated carbocycles. The fraction of sp³-hybridized carbons (Fsp3) is 0.250. The fourth-order valence-corrected chi connectivity index (χ4v) is 2.09. The van der Waals surface area contributed by atoms with Crippen LogP contribution in [0, 0.1) is 0 Å². The van der Waals surface area contributed by atoms with E-state index in [-0.39, 0.29) is 11.3 Å². The number of carbonyl (C=O) groups is 1. The summed E-state index contributed by atoms with van der Waals surface area (Å²) < 4.78 is 10.4. The number of methoxy groups -OCH3 is 2. The Labute approximate surface area is 132 Å². The molecule has 0 aliphatic rings. The Balaban J connectivity index is 1.96. The van der Waals surface area contributed by atoms with Gasteiger partial charge in [0.2, 0.25) is 0 Å². The number of H-pyrrole nitrogens is 1. The Hall–Kier alpha value is -2.96. The summed E-state index contributed by atoms with van der Waals surface area (Å²) in [6.45, 7) is 0.368. The topological polar surface area (TPSA) is 101 Å². The second-order valence-corrected chi connectivity index (χ2v) is 4.79. The number of hydrogen-bond acceptors (Lipinski definition) is 5. The molecule has 1 amide bonds. The van der Waals surface area contributed by atoms with Crippen LogP contribution in [0.5, 0.6) is 17.2 Å². The van der Waals surface area contributed by atoms with E-state index < -0.39 is 11.5 Å². The van der Waals surface area contributed by atoms with E-state index in [4.69, 9.17) is 9.47 Å². The quantitative estimate of drug-likeness (QED) is 0.739. The molecule has 0 atom stereocenters. The number of carbonyl (C=O) groups excluding carboxylic acids is 1. The average molecular weight is 318 g/mol. The summed E-state index contributed by atoms with van der Waals surface area (Å²) in [4.78, 5) is 25.3. The molecule has 2 rings (SSSR count). The largest absolute Gasteiger partial charge is 0.507 e. The van der Waals surface area contributed by atoms with Gasteiger partial charge in [-0.3, -0.25) is 9.59 Å². The second kappa shape index (κ2) is 7.35. The highest BCUT2D eigenvalue weighted by molar-refractivity contribution is 5.96. The fourth-order valence-electron chi connectivity index (χ4n) is 2.09. The van der Waals surface area contributed by atoms with Crippen molar-refractivity contribution >= 4 is 5.91 Å².